The van der Waals surface area contributed by atoms with Crippen LogP contribution in [0.3, 0.4) is 0 Å². The molecule has 0 unspecified atom stereocenters. The van der Waals surface area contributed by atoms with Gasteiger partial charge in [0, 0.05) is 12.8 Å². The molecule has 118 valence electrons. The largest absolute Gasteiger partial charge is 0.457 e. The summed E-state index contributed by atoms with van der Waals surface area (Å²) in [7, 11) is 0. The van der Waals surface area contributed by atoms with E-state index in [-0.39, 0.29) is 12.8 Å². The lowest BCUT2D eigenvalue weighted by molar-refractivity contribution is -0.186. The van der Waals surface area contributed by atoms with Gasteiger partial charge in [0.2, 0.25) is 0 Å². The highest BCUT2D eigenvalue weighted by atomic mass is 16.6. The van der Waals surface area contributed by atoms with Crippen molar-refractivity contribution in [1.82, 2.24) is 0 Å². The second-order valence-corrected chi connectivity index (χ2v) is 4.11. The summed E-state index contributed by atoms with van der Waals surface area (Å²) in [6.07, 6.45) is -6.05. The van der Waals surface area contributed by atoms with Crippen LogP contribution in [-0.2, 0) is 19.1 Å². The van der Waals surface area contributed by atoms with Crippen molar-refractivity contribution in [1.29, 1.82) is 0 Å². The first kappa shape index (κ1) is 18.8. The highest BCUT2D eigenvalue weighted by Gasteiger charge is 2.37. The SMILES string of the molecule is CCC(=O)O[C@H]([C@@H](O)[C@H](CO)OC(=O)CC)[C@H](O)CO. The summed E-state index contributed by atoms with van der Waals surface area (Å²) >= 11 is 0. The molecule has 0 radical (unpaired) electrons. The van der Waals surface area contributed by atoms with Gasteiger partial charge in [-0.25, -0.2) is 0 Å². The summed E-state index contributed by atoms with van der Waals surface area (Å²) in [6.45, 7) is 1.56. The maximum absolute atomic E-state index is 11.2. The lowest BCUT2D eigenvalue weighted by Gasteiger charge is -2.30. The lowest BCUT2D eigenvalue weighted by Crippen LogP contribution is -2.50. The van der Waals surface area contributed by atoms with E-state index in [9.17, 15) is 19.8 Å². The molecule has 0 aliphatic rings. The third kappa shape index (κ3) is 5.83. The number of ether oxygens (including phenoxy) is 2. The Hall–Kier alpha value is -1.22. The van der Waals surface area contributed by atoms with E-state index in [1.807, 2.05) is 0 Å². The van der Waals surface area contributed by atoms with Gasteiger partial charge >= 0.3 is 11.9 Å². The molecule has 0 saturated heterocycles. The van der Waals surface area contributed by atoms with Crippen molar-refractivity contribution < 1.29 is 39.5 Å². The minimum atomic E-state index is -1.66. The second kappa shape index (κ2) is 9.65. The van der Waals surface area contributed by atoms with Gasteiger partial charge in [-0.3, -0.25) is 9.59 Å². The van der Waals surface area contributed by atoms with E-state index in [0.717, 1.165) is 0 Å². The van der Waals surface area contributed by atoms with Crippen LogP contribution >= 0.6 is 0 Å². The van der Waals surface area contributed by atoms with Crippen molar-refractivity contribution in [3.63, 3.8) is 0 Å². The normalized spacial score (nSPS) is 16.9. The summed E-state index contributed by atoms with van der Waals surface area (Å²) in [5, 5.41) is 37.5. The van der Waals surface area contributed by atoms with Crippen LogP contribution in [0.5, 0.6) is 0 Å². The molecule has 0 saturated carbocycles. The van der Waals surface area contributed by atoms with Crippen molar-refractivity contribution in [2.45, 2.75) is 51.1 Å². The van der Waals surface area contributed by atoms with Crippen LogP contribution in [0.15, 0.2) is 0 Å². The molecule has 0 aromatic heterocycles. The van der Waals surface area contributed by atoms with Gasteiger partial charge in [0.15, 0.2) is 12.2 Å². The molecular weight excluding hydrogens is 272 g/mol. The smallest absolute Gasteiger partial charge is 0.305 e. The van der Waals surface area contributed by atoms with Gasteiger partial charge < -0.3 is 29.9 Å². The van der Waals surface area contributed by atoms with Gasteiger partial charge in [0.1, 0.15) is 12.2 Å². The van der Waals surface area contributed by atoms with Crippen LogP contribution in [0.4, 0.5) is 0 Å². The third-order valence-corrected chi connectivity index (χ3v) is 2.59. The first-order valence-corrected chi connectivity index (χ1v) is 6.37. The van der Waals surface area contributed by atoms with Gasteiger partial charge in [0.25, 0.3) is 0 Å². The van der Waals surface area contributed by atoms with E-state index >= 15 is 0 Å². The molecule has 0 aromatic rings. The van der Waals surface area contributed by atoms with E-state index < -0.39 is 49.6 Å². The van der Waals surface area contributed by atoms with Crippen molar-refractivity contribution in [3.8, 4) is 0 Å². The van der Waals surface area contributed by atoms with E-state index in [2.05, 4.69) is 0 Å². The van der Waals surface area contributed by atoms with E-state index in [4.69, 9.17) is 19.7 Å². The van der Waals surface area contributed by atoms with Crippen LogP contribution in [0, 0.1) is 0 Å². The fourth-order valence-corrected chi connectivity index (χ4v) is 1.39. The first-order valence-electron chi connectivity index (χ1n) is 6.37. The molecule has 0 aliphatic carbocycles. The molecule has 0 amide bonds. The fourth-order valence-electron chi connectivity index (χ4n) is 1.39. The Morgan fingerprint density at radius 2 is 1.45 bits per heavy atom. The summed E-state index contributed by atoms with van der Waals surface area (Å²) in [4.78, 5) is 22.4. The first-order chi connectivity index (χ1) is 9.40. The molecule has 20 heavy (non-hydrogen) atoms. The zero-order valence-electron chi connectivity index (χ0n) is 11.6. The number of hydrogen-bond donors (Lipinski definition) is 4. The van der Waals surface area contributed by atoms with E-state index in [1.54, 1.807) is 0 Å². The zero-order valence-corrected chi connectivity index (χ0v) is 11.6. The number of carbonyl (C=O) groups excluding carboxylic acids is 2. The molecule has 0 fully saturated rings. The Labute approximate surface area is 116 Å². The van der Waals surface area contributed by atoms with E-state index in [0.29, 0.717) is 0 Å². The Morgan fingerprint density at radius 1 is 0.950 bits per heavy atom. The number of esters is 2. The van der Waals surface area contributed by atoms with Gasteiger partial charge in [-0.2, -0.15) is 0 Å². The molecule has 0 heterocycles. The highest BCUT2D eigenvalue weighted by molar-refractivity contribution is 5.69. The molecule has 0 spiro atoms. The predicted molar refractivity (Wildman–Crippen MR) is 66.5 cm³/mol. The standard InChI is InChI=1S/C12H22O8/c1-3-9(16)19-8(6-14)11(18)12(7(15)5-13)20-10(17)4-2/h7-8,11-15,18H,3-6H2,1-2H3/t7-,8+,11+,12+/m1/s1. The minimum absolute atomic E-state index is 0.0000913. The monoisotopic (exact) mass is 294 g/mol. The van der Waals surface area contributed by atoms with Crippen molar-refractivity contribution in [3.05, 3.63) is 0 Å². The Kier molecular flexibility index (Phi) is 9.06. The molecule has 8 nitrogen and oxygen atoms in total. The Balaban J connectivity index is 4.92. The number of rotatable bonds is 9. The van der Waals surface area contributed by atoms with Crippen molar-refractivity contribution in [2.24, 2.45) is 0 Å². The third-order valence-electron chi connectivity index (χ3n) is 2.59. The molecule has 4 atom stereocenters. The minimum Gasteiger partial charge on any atom is -0.457 e. The van der Waals surface area contributed by atoms with Gasteiger partial charge in [-0.15, -0.1) is 0 Å². The Bertz CT molecular complexity index is 306. The van der Waals surface area contributed by atoms with E-state index in [1.165, 1.54) is 13.8 Å². The number of hydrogen-bond acceptors (Lipinski definition) is 8. The molecule has 8 heteroatoms. The number of aliphatic hydroxyl groups is 4. The lowest BCUT2D eigenvalue weighted by atomic mass is 10.0. The molecule has 0 bridgehead atoms. The van der Waals surface area contributed by atoms with Crippen LogP contribution < -0.4 is 0 Å². The maximum atomic E-state index is 11.2. The molecule has 0 aromatic carbocycles. The summed E-state index contributed by atoms with van der Waals surface area (Å²) in [5.74, 6) is -1.37. The average Bonchev–Trinajstić information content (AvgIpc) is 2.47. The molecule has 0 aliphatic heterocycles. The Morgan fingerprint density at radius 3 is 1.85 bits per heavy atom. The van der Waals surface area contributed by atoms with Gasteiger partial charge in [-0.1, -0.05) is 13.8 Å². The zero-order chi connectivity index (χ0) is 15.7. The average molecular weight is 294 g/mol. The van der Waals surface area contributed by atoms with Crippen molar-refractivity contribution >= 4 is 11.9 Å². The van der Waals surface area contributed by atoms with Crippen LogP contribution in [0.2, 0.25) is 0 Å². The van der Waals surface area contributed by atoms with Gasteiger partial charge in [0.05, 0.1) is 13.2 Å². The highest BCUT2D eigenvalue weighted by Crippen LogP contribution is 2.13. The topological polar surface area (TPSA) is 134 Å². The molecule has 0 rings (SSSR count). The molecule has 4 N–H and O–H groups in total. The summed E-state index contributed by atoms with van der Waals surface area (Å²) in [6, 6.07) is 0. The summed E-state index contributed by atoms with van der Waals surface area (Å²) < 4.78 is 9.59. The van der Waals surface area contributed by atoms with Crippen LogP contribution in [0.25, 0.3) is 0 Å². The van der Waals surface area contributed by atoms with Gasteiger partial charge in [-0.05, 0) is 0 Å². The number of aliphatic hydroxyl groups excluding tert-OH is 4. The number of carbonyl (C=O) groups is 2. The molecular formula is C12H22O8. The van der Waals surface area contributed by atoms with Crippen molar-refractivity contribution in [2.75, 3.05) is 13.2 Å². The fraction of sp³-hybridized carbons (Fsp3) is 0.833. The summed E-state index contributed by atoms with van der Waals surface area (Å²) in [5.41, 5.74) is 0. The predicted octanol–water partition coefficient (Wildman–Crippen LogP) is -1.66. The van der Waals surface area contributed by atoms with Crippen LogP contribution in [0.1, 0.15) is 26.7 Å². The quantitative estimate of drug-likeness (QED) is 0.371. The van der Waals surface area contributed by atoms with Crippen LogP contribution in [-0.4, -0.2) is 70.0 Å². The maximum Gasteiger partial charge on any atom is 0.305 e. The second-order valence-electron chi connectivity index (χ2n) is 4.11.